The summed E-state index contributed by atoms with van der Waals surface area (Å²) >= 11 is 0. The molecule has 2 atom stereocenters. The molecular formula is C53H41N3. The third kappa shape index (κ3) is 5.41. The van der Waals surface area contributed by atoms with Crippen LogP contribution in [0.3, 0.4) is 0 Å². The number of aromatic nitrogens is 2. The molecule has 0 bridgehead atoms. The quantitative estimate of drug-likeness (QED) is 0.177. The van der Waals surface area contributed by atoms with Crippen LogP contribution in [0, 0.1) is 6.92 Å². The summed E-state index contributed by atoms with van der Waals surface area (Å²) in [6.07, 6.45) is 22.6. The summed E-state index contributed by atoms with van der Waals surface area (Å²) < 4.78 is 0. The Hall–Kier alpha value is -6.58. The van der Waals surface area contributed by atoms with Gasteiger partial charge in [0.15, 0.2) is 5.82 Å². The molecule has 7 aromatic rings. The Kier molecular flexibility index (Phi) is 7.80. The number of fused-ring (bicyclic) bond motifs is 6. The van der Waals surface area contributed by atoms with Gasteiger partial charge in [-0.2, -0.15) is 0 Å². The molecule has 3 heteroatoms. The zero-order valence-corrected chi connectivity index (χ0v) is 31.5. The van der Waals surface area contributed by atoms with Crippen molar-refractivity contribution in [2.24, 2.45) is 0 Å². The maximum atomic E-state index is 5.43. The van der Waals surface area contributed by atoms with Crippen molar-refractivity contribution in [3.05, 3.63) is 191 Å². The van der Waals surface area contributed by atoms with E-state index in [9.17, 15) is 0 Å². The van der Waals surface area contributed by atoms with Gasteiger partial charge in [0.05, 0.1) is 17.4 Å². The molecular weight excluding hydrogens is 679 g/mol. The van der Waals surface area contributed by atoms with Gasteiger partial charge in [0.2, 0.25) is 0 Å². The highest BCUT2D eigenvalue weighted by atomic mass is 15.2. The Morgan fingerprint density at radius 3 is 2.04 bits per heavy atom. The van der Waals surface area contributed by atoms with E-state index in [2.05, 4.69) is 182 Å². The van der Waals surface area contributed by atoms with Crippen molar-refractivity contribution in [3.63, 3.8) is 0 Å². The standard InChI is InChI=1S/C53H41N3/c1-34-22-31-42(45-17-7-6-14-41(34)45)35-23-25-37(26-24-35)53-54-48(33-49(55-53)52-43-15-4-2-12-38(43)32-39-13-3-5-16-44(39)52)36-27-29-40(30-28-36)56-50-20-10-8-18-46(50)47-19-9-11-21-51(47)56/h4-11,14-33,46,50H,2-3,12-13H2,1H3/t46-,50?/m0/s1. The molecule has 268 valence electrons. The Morgan fingerprint density at radius 1 is 0.589 bits per heavy atom. The van der Waals surface area contributed by atoms with E-state index in [1.54, 1.807) is 0 Å². The van der Waals surface area contributed by atoms with Gasteiger partial charge in [-0.25, -0.2) is 9.97 Å². The zero-order valence-electron chi connectivity index (χ0n) is 31.5. The van der Waals surface area contributed by atoms with Crippen molar-refractivity contribution in [2.45, 2.75) is 44.6 Å². The number of hydrogen-bond donors (Lipinski definition) is 0. The van der Waals surface area contributed by atoms with Gasteiger partial charge in [0.25, 0.3) is 0 Å². The second-order valence-corrected chi connectivity index (χ2v) is 15.6. The summed E-state index contributed by atoms with van der Waals surface area (Å²) in [6.45, 7) is 2.18. The van der Waals surface area contributed by atoms with Crippen LogP contribution in [0.1, 0.15) is 52.1 Å². The molecule has 0 fully saturated rings. The van der Waals surface area contributed by atoms with Crippen LogP contribution < -0.4 is 4.90 Å². The molecule has 1 aromatic heterocycles. The molecule has 6 aromatic carbocycles. The lowest BCUT2D eigenvalue weighted by atomic mass is 9.82. The lowest BCUT2D eigenvalue weighted by molar-refractivity contribution is 0.745. The second-order valence-electron chi connectivity index (χ2n) is 15.6. The second kappa shape index (κ2) is 13.3. The maximum Gasteiger partial charge on any atom is 0.160 e. The van der Waals surface area contributed by atoms with E-state index in [-0.39, 0.29) is 6.04 Å². The lowest BCUT2D eigenvalue weighted by Crippen LogP contribution is -2.28. The van der Waals surface area contributed by atoms with E-state index in [0.717, 1.165) is 54.0 Å². The first-order valence-corrected chi connectivity index (χ1v) is 20.0. The molecule has 3 aliphatic carbocycles. The molecule has 56 heavy (non-hydrogen) atoms. The van der Waals surface area contributed by atoms with Crippen LogP contribution in [0.25, 0.3) is 68.0 Å². The summed E-state index contributed by atoms with van der Waals surface area (Å²) in [5.74, 6) is 1.09. The van der Waals surface area contributed by atoms with E-state index in [0.29, 0.717) is 5.92 Å². The number of para-hydroxylation sites is 1. The number of rotatable bonds is 5. The topological polar surface area (TPSA) is 29.0 Å². The molecule has 0 saturated heterocycles. The van der Waals surface area contributed by atoms with Gasteiger partial charge < -0.3 is 4.90 Å². The van der Waals surface area contributed by atoms with Crippen molar-refractivity contribution in [1.29, 1.82) is 0 Å². The van der Waals surface area contributed by atoms with Gasteiger partial charge >= 0.3 is 0 Å². The van der Waals surface area contributed by atoms with Crippen molar-refractivity contribution in [3.8, 4) is 45.0 Å². The largest absolute Gasteiger partial charge is 0.333 e. The SMILES string of the molecule is Cc1ccc(-c2ccc(-c3nc(-c4ccc(N5c6ccccc6[C@@H]6C=CC=CC65)cc4)cc(-c4c5c(cc6c4C=CCC6)CCC=C5)n3)cc2)c2ccccc12. The van der Waals surface area contributed by atoms with E-state index in [1.807, 2.05) is 0 Å². The average molecular weight is 720 g/mol. The van der Waals surface area contributed by atoms with Crippen LogP contribution in [-0.4, -0.2) is 16.0 Å². The van der Waals surface area contributed by atoms with E-state index >= 15 is 0 Å². The van der Waals surface area contributed by atoms with Gasteiger partial charge in [0, 0.05) is 34.0 Å². The summed E-state index contributed by atoms with van der Waals surface area (Å²) in [6, 6.07) is 44.8. The van der Waals surface area contributed by atoms with Crippen molar-refractivity contribution < 1.29 is 0 Å². The minimum atomic E-state index is 0.262. The number of aryl methyl sites for hydroxylation is 3. The van der Waals surface area contributed by atoms with E-state index in [4.69, 9.17) is 9.97 Å². The predicted octanol–water partition coefficient (Wildman–Crippen LogP) is 13.3. The minimum Gasteiger partial charge on any atom is -0.333 e. The molecule has 4 aliphatic rings. The Balaban J connectivity index is 1.04. The number of nitrogens with zero attached hydrogens (tertiary/aromatic N) is 3. The van der Waals surface area contributed by atoms with Crippen LogP contribution in [0.2, 0.25) is 0 Å². The number of anilines is 2. The van der Waals surface area contributed by atoms with Gasteiger partial charge in [-0.3, -0.25) is 0 Å². The molecule has 2 heterocycles. The van der Waals surface area contributed by atoms with Crippen molar-refractivity contribution in [2.75, 3.05) is 4.90 Å². The van der Waals surface area contributed by atoms with Gasteiger partial charge in [-0.1, -0.05) is 146 Å². The van der Waals surface area contributed by atoms with Crippen LogP contribution in [0.5, 0.6) is 0 Å². The summed E-state index contributed by atoms with van der Waals surface area (Å²) in [7, 11) is 0. The van der Waals surface area contributed by atoms with Crippen LogP contribution >= 0.6 is 0 Å². The van der Waals surface area contributed by atoms with Crippen LogP contribution in [0.15, 0.2) is 158 Å². The maximum absolute atomic E-state index is 5.43. The van der Waals surface area contributed by atoms with Gasteiger partial charge in [-0.15, -0.1) is 0 Å². The van der Waals surface area contributed by atoms with E-state index < -0.39 is 0 Å². The van der Waals surface area contributed by atoms with Crippen LogP contribution in [0.4, 0.5) is 11.4 Å². The first kappa shape index (κ1) is 32.8. The molecule has 0 spiro atoms. The Bertz CT molecular complexity index is 2780. The minimum absolute atomic E-state index is 0.262. The molecule has 3 nitrogen and oxygen atoms in total. The molecule has 0 amide bonds. The number of allylic oxidation sites excluding steroid dienone is 4. The fraction of sp³-hybridized carbons (Fsp3) is 0.132. The lowest BCUT2D eigenvalue weighted by Gasteiger charge is -2.28. The van der Waals surface area contributed by atoms with Gasteiger partial charge in [-0.05, 0) is 112 Å². The highest BCUT2D eigenvalue weighted by Crippen LogP contribution is 2.48. The fourth-order valence-corrected chi connectivity index (χ4v) is 9.52. The molecule has 1 unspecified atom stereocenters. The summed E-state index contributed by atoms with van der Waals surface area (Å²) in [5.41, 5.74) is 18.2. The normalized spacial score (nSPS) is 17.5. The zero-order chi connectivity index (χ0) is 37.2. The third-order valence-electron chi connectivity index (χ3n) is 12.3. The number of benzene rings is 6. The van der Waals surface area contributed by atoms with Gasteiger partial charge in [0.1, 0.15) is 0 Å². The van der Waals surface area contributed by atoms with E-state index in [1.165, 1.54) is 72.2 Å². The third-order valence-corrected chi connectivity index (χ3v) is 12.3. The average Bonchev–Trinajstić information content (AvgIpc) is 3.60. The fourth-order valence-electron chi connectivity index (χ4n) is 9.52. The predicted molar refractivity (Wildman–Crippen MR) is 234 cm³/mol. The summed E-state index contributed by atoms with van der Waals surface area (Å²) in [4.78, 5) is 13.3. The summed E-state index contributed by atoms with van der Waals surface area (Å²) in [5, 5.41) is 2.56. The Morgan fingerprint density at radius 2 is 1.25 bits per heavy atom. The molecule has 0 N–H and O–H groups in total. The Labute approximate surface area is 328 Å². The van der Waals surface area contributed by atoms with Crippen molar-refractivity contribution >= 4 is 34.3 Å². The van der Waals surface area contributed by atoms with Crippen LogP contribution in [-0.2, 0) is 12.8 Å². The molecule has 11 rings (SSSR count). The highest BCUT2D eigenvalue weighted by Gasteiger charge is 2.37. The molecule has 0 radical (unpaired) electrons. The highest BCUT2D eigenvalue weighted by molar-refractivity contribution is 5.98. The first-order chi connectivity index (χ1) is 27.7. The number of hydrogen-bond acceptors (Lipinski definition) is 3. The smallest absolute Gasteiger partial charge is 0.160 e. The monoisotopic (exact) mass is 719 g/mol. The molecule has 1 aliphatic heterocycles. The molecule has 0 saturated carbocycles. The van der Waals surface area contributed by atoms with Crippen molar-refractivity contribution in [1.82, 2.24) is 9.97 Å². The first-order valence-electron chi connectivity index (χ1n) is 20.0.